The first-order valence-electron chi connectivity index (χ1n) is 7.22. The average Bonchev–Trinajstić information content (AvgIpc) is 2.63. The van der Waals surface area contributed by atoms with Crippen molar-refractivity contribution in [1.29, 1.82) is 0 Å². The lowest BCUT2D eigenvalue weighted by atomic mass is 9.94. The lowest BCUT2D eigenvalue weighted by molar-refractivity contribution is -0.139. The minimum Gasteiger partial charge on any atom is -0.341 e. The number of carbonyl (C=O) groups excluding carboxylic acids is 1. The summed E-state index contributed by atoms with van der Waals surface area (Å²) in [6, 6.07) is 0. The van der Waals surface area contributed by atoms with Crippen LogP contribution in [0, 0.1) is 5.41 Å². The van der Waals surface area contributed by atoms with Crippen LogP contribution in [-0.4, -0.2) is 56.7 Å². The summed E-state index contributed by atoms with van der Waals surface area (Å²) in [4.78, 5) is 16.7. The molecule has 6 nitrogen and oxygen atoms in total. The van der Waals surface area contributed by atoms with Crippen LogP contribution >= 0.6 is 0 Å². The topological polar surface area (TPSA) is 54.3 Å². The van der Waals surface area contributed by atoms with Gasteiger partial charge in [-0.1, -0.05) is 20.8 Å². The number of carbonyl (C=O) groups is 1. The lowest BCUT2D eigenvalue weighted by Gasteiger charge is -2.28. The van der Waals surface area contributed by atoms with Crippen LogP contribution in [0.25, 0.3) is 0 Å². The molecular weight excluding hydrogens is 254 g/mol. The fourth-order valence-corrected chi connectivity index (χ4v) is 2.46. The lowest BCUT2D eigenvalue weighted by Crippen LogP contribution is -2.41. The van der Waals surface area contributed by atoms with Crippen molar-refractivity contribution in [2.24, 2.45) is 12.5 Å². The van der Waals surface area contributed by atoms with Gasteiger partial charge < -0.3 is 9.47 Å². The molecule has 1 saturated heterocycles. The van der Waals surface area contributed by atoms with E-state index in [-0.39, 0.29) is 11.3 Å². The maximum atomic E-state index is 12.3. The van der Waals surface area contributed by atoms with Crippen molar-refractivity contribution in [1.82, 2.24) is 24.6 Å². The molecule has 1 amide bonds. The zero-order valence-electron chi connectivity index (χ0n) is 13.0. The van der Waals surface area contributed by atoms with Crippen LogP contribution in [0.4, 0.5) is 0 Å². The van der Waals surface area contributed by atoms with Crippen LogP contribution in [0.15, 0.2) is 6.33 Å². The van der Waals surface area contributed by atoms with Gasteiger partial charge >= 0.3 is 0 Å². The maximum Gasteiger partial charge on any atom is 0.227 e. The van der Waals surface area contributed by atoms with E-state index in [1.165, 1.54) is 0 Å². The second-order valence-electron chi connectivity index (χ2n) is 6.53. The van der Waals surface area contributed by atoms with Gasteiger partial charge in [0.25, 0.3) is 0 Å². The minimum absolute atomic E-state index is 0.248. The van der Waals surface area contributed by atoms with Crippen LogP contribution in [0.1, 0.15) is 33.0 Å². The molecule has 2 rings (SSSR count). The van der Waals surface area contributed by atoms with E-state index in [0.29, 0.717) is 0 Å². The van der Waals surface area contributed by atoms with E-state index in [9.17, 15) is 4.79 Å². The summed E-state index contributed by atoms with van der Waals surface area (Å²) in [6.45, 7) is 10.3. The zero-order chi connectivity index (χ0) is 14.8. The number of aromatic nitrogens is 3. The molecule has 1 aromatic heterocycles. The van der Waals surface area contributed by atoms with Gasteiger partial charge in [0, 0.05) is 38.6 Å². The molecule has 112 valence electrons. The summed E-state index contributed by atoms with van der Waals surface area (Å²) in [6.07, 6.45) is 2.74. The summed E-state index contributed by atoms with van der Waals surface area (Å²) in [5.41, 5.74) is -0.293. The summed E-state index contributed by atoms with van der Waals surface area (Å²) < 4.78 is 1.95. The first-order valence-corrected chi connectivity index (χ1v) is 7.22. The van der Waals surface area contributed by atoms with Crippen molar-refractivity contribution >= 4 is 5.91 Å². The number of rotatable bonds is 2. The van der Waals surface area contributed by atoms with Gasteiger partial charge in [0.15, 0.2) is 0 Å². The second-order valence-corrected chi connectivity index (χ2v) is 6.53. The molecule has 20 heavy (non-hydrogen) atoms. The molecule has 1 aliphatic rings. The van der Waals surface area contributed by atoms with Crippen molar-refractivity contribution in [3.8, 4) is 0 Å². The Bertz CT molecular complexity index is 462. The van der Waals surface area contributed by atoms with Crippen molar-refractivity contribution in [3.05, 3.63) is 12.2 Å². The summed E-state index contributed by atoms with van der Waals surface area (Å²) >= 11 is 0. The van der Waals surface area contributed by atoms with Gasteiger partial charge in [-0.25, -0.2) is 0 Å². The van der Waals surface area contributed by atoms with Crippen LogP contribution in [0.2, 0.25) is 0 Å². The molecule has 1 aliphatic heterocycles. The van der Waals surface area contributed by atoms with Gasteiger partial charge in [0.1, 0.15) is 12.2 Å². The smallest absolute Gasteiger partial charge is 0.227 e. The molecule has 0 aliphatic carbocycles. The van der Waals surface area contributed by atoms with Gasteiger partial charge in [-0.3, -0.25) is 9.69 Å². The molecule has 1 aromatic rings. The number of hydrogen-bond acceptors (Lipinski definition) is 4. The summed E-state index contributed by atoms with van der Waals surface area (Å²) in [5.74, 6) is 1.22. The van der Waals surface area contributed by atoms with Crippen LogP contribution < -0.4 is 0 Å². The van der Waals surface area contributed by atoms with Crippen LogP contribution in [0.5, 0.6) is 0 Å². The summed E-state index contributed by atoms with van der Waals surface area (Å²) in [5, 5.41) is 8.03. The van der Waals surface area contributed by atoms with Crippen molar-refractivity contribution in [2.45, 2.75) is 33.7 Å². The first kappa shape index (κ1) is 15.0. The number of hydrogen-bond donors (Lipinski definition) is 0. The van der Waals surface area contributed by atoms with Gasteiger partial charge in [-0.2, -0.15) is 0 Å². The highest BCUT2D eigenvalue weighted by Crippen LogP contribution is 2.19. The number of amides is 1. The molecule has 0 radical (unpaired) electrons. The third-order valence-corrected chi connectivity index (χ3v) is 3.69. The summed E-state index contributed by atoms with van der Waals surface area (Å²) in [7, 11) is 1.96. The predicted octanol–water partition coefficient (Wildman–Crippen LogP) is 0.895. The molecule has 0 unspecified atom stereocenters. The van der Waals surface area contributed by atoms with E-state index in [1.54, 1.807) is 6.33 Å². The fourth-order valence-electron chi connectivity index (χ4n) is 2.46. The highest BCUT2D eigenvalue weighted by Gasteiger charge is 2.28. The number of aryl methyl sites for hydroxylation is 1. The monoisotopic (exact) mass is 279 g/mol. The standard InChI is InChI=1S/C14H25N5O/c1-14(2,3)13(20)19-7-5-6-18(8-9-19)10-12-16-15-11-17(12)4/h11H,5-10H2,1-4H3. The van der Waals surface area contributed by atoms with E-state index in [0.717, 1.165) is 45.0 Å². The normalized spacial score (nSPS) is 18.1. The fraction of sp³-hybridized carbons (Fsp3) is 0.786. The Kier molecular flexibility index (Phi) is 4.42. The maximum absolute atomic E-state index is 12.3. The molecular formula is C14H25N5O. The Hall–Kier alpha value is -1.43. The molecule has 0 saturated carbocycles. The highest BCUT2D eigenvalue weighted by molar-refractivity contribution is 5.81. The zero-order valence-corrected chi connectivity index (χ0v) is 13.0. The Morgan fingerprint density at radius 2 is 2.00 bits per heavy atom. The molecule has 0 N–H and O–H groups in total. The van der Waals surface area contributed by atoms with E-state index in [1.807, 2.05) is 37.3 Å². The SMILES string of the molecule is Cn1cnnc1CN1CCCN(C(=O)C(C)(C)C)CC1. The average molecular weight is 279 g/mol. The molecule has 0 atom stereocenters. The van der Waals surface area contributed by atoms with Gasteiger partial charge in [0.05, 0.1) is 6.54 Å². The van der Waals surface area contributed by atoms with Gasteiger partial charge in [0.2, 0.25) is 5.91 Å². The number of nitrogens with zero attached hydrogens (tertiary/aromatic N) is 5. The van der Waals surface area contributed by atoms with Crippen LogP contribution in [0.3, 0.4) is 0 Å². The first-order chi connectivity index (χ1) is 9.38. The minimum atomic E-state index is -0.293. The molecule has 0 aromatic carbocycles. The largest absolute Gasteiger partial charge is 0.341 e. The Morgan fingerprint density at radius 1 is 1.25 bits per heavy atom. The van der Waals surface area contributed by atoms with E-state index >= 15 is 0 Å². The predicted molar refractivity (Wildman–Crippen MR) is 76.9 cm³/mol. The van der Waals surface area contributed by atoms with Crippen molar-refractivity contribution in [3.63, 3.8) is 0 Å². The van der Waals surface area contributed by atoms with Crippen molar-refractivity contribution < 1.29 is 4.79 Å². The second kappa shape index (κ2) is 5.91. The van der Waals surface area contributed by atoms with E-state index < -0.39 is 0 Å². The molecule has 0 bridgehead atoms. The van der Waals surface area contributed by atoms with Crippen molar-refractivity contribution in [2.75, 3.05) is 26.2 Å². The highest BCUT2D eigenvalue weighted by atomic mass is 16.2. The van der Waals surface area contributed by atoms with Crippen LogP contribution in [-0.2, 0) is 18.4 Å². The van der Waals surface area contributed by atoms with Gasteiger partial charge in [-0.15, -0.1) is 10.2 Å². The quantitative estimate of drug-likeness (QED) is 0.807. The Balaban J connectivity index is 1.93. The van der Waals surface area contributed by atoms with E-state index in [4.69, 9.17) is 0 Å². The molecule has 0 spiro atoms. The molecule has 2 heterocycles. The van der Waals surface area contributed by atoms with Gasteiger partial charge in [-0.05, 0) is 6.42 Å². The van der Waals surface area contributed by atoms with E-state index in [2.05, 4.69) is 15.1 Å². The molecule has 1 fully saturated rings. The Morgan fingerprint density at radius 3 is 2.60 bits per heavy atom. The molecule has 6 heteroatoms. The third-order valence-electron chi connectivity index (χ3n) is 3.69. The third kappa shape index (κ3) is 3.56. The Labute approximate surface area is 120 Å².